The number of phenols is 1. The summed E-state index contributed by atoms with van der Waals surface area (Å²) in [6, 6.07) is -1.09. The molecule has 4 aliphatic rings. The van der Waals surface area contributed by atoms with Gasteiger partial charge < -0.3 is 94.7 Å². The molecule has 10 atom stereocenters. The fraction of sp³-hybridized carbons (Fsp3) is 0.672. The number of rotatable bonds is 29. The maximum atomic E-state index is 14.4. The third-order valence-corrected chi connectivity index (χ3v) is 16.6. The Morgan fingerprint density at radius 3 is 2.14 bits per heavy atom. The number of nitrogens with zero attached hydrogens (tertiary/aromatic N) is 1. The number of primary amides is 1. The van der Waals surface area contributed by atoms with Gasteiger partial charge in [0.2, 0.25) is 47.3 Å². The van der Waals surface area contributed by atoms with E-state index < -0.39 is 84.7 Å². The number of carbonyl (C=O) groups excluding carboxylic acids is 9. The van der Waals surface area contributed by atoms with Crippen molar-refractivity contribution in [1.82, 2.24) is 74.5 Å². The number of amides is 10. The second-order valence-corrected chi connectivity index (χ2v) is 23.8. The van der Waals surface area contributed by atoms with E-state index in [1.54, 1.807) is 30.4 Å². The molecule has 4 heterocycles. The van der Waals surface area contributed by atoms with Crippen LogP contribution in [0.25, 0.3) is 0 Å². The van der Waals surface area contributed by atoms with E-state index in [0.29, 0.717) is 101 Å². The van der Waals surface area contributed by atoms with Crippen molar-refractivity contribution in [3.05, 3.63) is 54.0 Å². The third-order valence-electron chi connectivity index (χ3n) is 15.1. The van der Waals surface area contributed by atoms with Gasteiger partial charge in [-0.25, -0.2) is 4.79 Å². The lowest BCUT2D eigenvalue weighted by Crippen LogP contribution is -2.59. The summed E-state index contributed by atoms with van der Waals surface area (Å²) < 4.78 is 16.8. The maximum Gasteiger partial charge on any atom is 0.315 e. The predicted octanol–water partition coefficient (Wildman–Crippen LogP) is -2.01. The third kappa shape index (κ3) is 26.4. The van der Waals surface area contributed by atoms with Crippen LogP contribution in [0.5, 0.6) is 5.75 Å². The van der Waals surface area contributed by atoms with Gasteiger partial charge in [-0.15, -0.1) is 5.53 Å². The Morgan fingerprint density at radius 2 is 1.40 bits per heavy atom. The molecule has 10 amide bonds. The molecule has 0 saturated carbocycles. The molecule has 0 radical (unpaired) electrons. The fourth-order valence-corrected chi connectivity index (χ4v) is 11.8. The molecule has 4 aliphatic heterocycles. The zero-order chi connectivity index (χ0) is 63.8. The normalized spacial score (nSPS) is 25.2. The second kappa shape index (κ2) is 39.1. The molecule has 492 valence electrons. The zero-order valence-corrected chi connectivity index (χ0v) is 51.9. The Labute approximate surface area is 519 Å². The number of ether oxygens (including phenoxy) is 3. The first kappa shape index (κ1) is 71.8. The Morgan fingerprint density at radius 1 is 0.727 bits per heavy atom. The number of benzene rings is 1. The van der Waals surface area contributed by atoms with Crippen molar-refractivity contribution in [2.24, 2.45) is 11.5 Å². The average molecular weight is 1260 g/mol. The Balaban J connectivity index is 1.20. The van der Waals surface area contributed by atoms with Crippen molar-refractivity contribution >= 4 is 65.1 Å². The van der Waals surface area contributed by atoms with Gasteiger partial charge in [-0.2, -0.15) is 11.8 Å². The lowest BCUT2D eigenvalue weighted by atomic mass is 10.0. The van der Waals surface area contributed by atoms with Crippen molar-refractivity contribution < 1.29 is 62.5 Å². The topological polar surface area (TPSA) is 413 Å². The number of thioether (sulfide) groups is 1. The van der Waals surface area contributed by atoms with Crippen LogP contribution in [0.2, 0.25) is 0 Å². The molecular weight excluding hydrogens is 1160 g/mol. The largest absolute Gasteiger partial charge is 0.508 e. The summed E-state index contributed by atoms with van der Waals surface area (Å²) >= 11 is 1.86. The minimum Gasteiger partial charge on any atom is -0.508 e. The Hall–Kier alpha value is -6.96. The Bertz CT molecular complexity index is 2480. The highest BCUT2D eigenvalue weighted by Crippen LogP contribution is 2.33. The van der Waals surface area contributed by atoms with E-state index in [4.69, 9.17) is 25.7 Å². The summed E-state index contributed by atoms with van der Waals surface area (Å²) in [6.07, 6.45) is 8.31. The summed E-state index contributed by atoms with van der Waals surface area (Å²) in [5, 5.41) is 43.9. The molecule has 5 rings (SSSR count). The van der Waals surface area contributed by atoms with Crippen molar-refractivity contribution in [1.29, 1.82) is 0 Å². The van der Waals surface area contributed by atoms with Crippen molar-refractivity contribution in [2.75, 3.05) is 78.6 Å². The average Bonchev–Trinajstić information content (AvgIpc) is 3.88. The monoisotopic (exact) mass is 1260 g/mol. The molecule has 2 fully saturated rings. The summed E-state index contributed by atoms with van der Waals surface area (Å²) in [6.45, 7) is 9.71. The number of carbonyl (C=O) groups is 9. The molecule has 1 aromatic carbocycles. The smallest absolute Gasteiger partial charge is 0.315 e. The zero-order valence-electron chi connectivity index (χ0n) is 51.1. The van der Waals surface area contributed by atoms with Gasteiger partial charge in [0.15, 0.2) is 0 Å². The summed E-state index contributed by atoms with van der Waals surface area (Å²) in [7, 11) is 1.73. The standard InChI is InChI=1S/C58H96N16O13S/c1-36-12-8-10-24-74-33-40(72-73-74)31-46(66-51(78)34-87-29-28-86-27-26-85-25-23-62-50(77)16-6-5-15-48-52-47(35-88-48)70-58(84)71-52)57(83)67-43(14-11-22-61-4)55(81)65-38(3)53(79)69-45(30-39-17-19-41(75)20-18-39)56(82)68-44(32-49(60)76)37(2)64-42(54(80)63-36)13-7-9-21-59/h17-20,33,36,38,42-48,52,61,64,72-73,75H,2,5-16,21-32,34-35,59H2,1,3-4H3,(H2,60,76)(H,62,77)(H,63,80)(H,65,81)(H,66,78)(H,67,83)(H,68,82)(H,69,79)(H2,70,71,84)/t36-,38+,42?,43?,44?,45?,46+,47+,48+,52+/m1/s1. The number of aromatic hydroxyl groups is 1. The van der Waals surface area contributed by atoms with Gasteiger partial charge in [0.05, 0.1) is 57.6 Å². The summed E-state index contributed by atoms with van der Waals surface area (Å²) in [5.41, 5.74) is 18.8. The molecule has 0 aliphatic carbocycles. The van der Waals surface area contributed by atoms with E-state index in [2.05, 4.69) is 76.0 Å². The van der Waals surface area contributed by atoms with E-state index in [1.807, 2.05) is 18.7 Å². The first-order chi connectivity index (χ1) is 42.3. The number of hydrogen-bond acceptors (Lipinski definition) is 20. The molecule has 88 heavy (non-hydrogen) atoms. The van der Waals surface area contributed by atoms with Gasteiger partial charge >= 0.3 is 6.03 Å². The molecule has 0 aromatic heterocycles. The molecule has 29 nitrogen and oxygen atoms in total. The molecule has 1 aromatic rings. The molecule has 18 N–H and O–H groups in total. The van der Waals surface area contributed by atoms with Crippen LogP contribution in [0.1, 0.15) is 109 Å². The van der Waals surface area contributed by atoms with Crippen molar-refractivity contribution in [3.8, 4) is 5.75 Å². The van der Waals surface area contributed by atoms with Gasteiger partial charge in [0.25, 0.3) is 0 Å². The first-order valence-corrected chi connectivity index (χ1v) is 31.7. The van der Waals surface area contributed by atoms with Gasteiger partial charge in [-0.1, -0.05) is 25.1 Å². The molecule has 0 spiro atoms. The van der Waals surface area contributed by atoms with Crippen molar-refractivity contribution in [2.45, 2.75) is 170 Å². The van der Waals surface area contributed by atoms with E-state index in [1.165, 1.54) is 19.1 Å². The van der Waals surface area contributed by atoms with E-state index in [0.717, 1.165) is 25.0 Å². The highest BCUT2D eigenvalue weighted by Gasteiger charge is 2.42. The number of unbranched alkanes of at least 4 members (excludes halogenated alkanes) is 2. The van der Waals surface area contributed by atoms with Crippen LogP contribution in [-0.4, -0.2) is 202 Å². The van der Waals surface area contributed by atoms with E-state index in [-0.39, 0.29) is 93.1 Å². The van der Waals surface area contributed by atoms with Crippen LogP contribution >= 0.6 is 11.8 Å². The fourth-order valence-electron chi connectivity index (χ4n) is 10.3. The molecule has 2 bridgehead atoms. The van der Waals surface area contributed by atoms with Crippen LogP contribution in [0.15, 0.2) is 48.4 Å². The number of nitrogens with two attached hydrogens (primary N) is 2. The van der Waals surface area contributed by atoms with Gasteiger partial charge in [-0.3, -0.25) is 43.4 Å². The quantitative estimate of drug-likeness (QED) is 0.0304. The predicted molar refractivity (Wildman–Crippen MR) is 330 cm³/mol. The number of fused-ring (bicyclic) bond motifs is 2. The van der Waals surface area contributed by atoms with Crippen LogP contribution in [0, 0.1) is 0 Å². The number of urea groups is 1. The highest BCUT2D eigenvalue weighted by molar-refractivity contribution is 8.00. The Kier molecular flexibility index (Phi) is 31.9. The van der Waals surface area contributed by atoms with Gasteiger partial charge in [-0.05, 0) is 116 Å². The SMILES string of the molecule is C=C1NC(CCCCN)C(=O)N[C@H](C)CCCCN2C=C(C[C@H](NC(=O)COCCOCCOCCNC(=O)CCCC[C@@H]3SC[C@@H]4NC(=O)N[C@@H]43)C(=O)NC(CCCNC)C(=O)N[C@@H](C)C(=O)NC(Cc3ccc(O)cc3)C(=O)NC1CC(N)=O)NN2. The minimum atomic E-state index is -1.33. The van der Waals surface area contributed by atoms with Crippen LogP contribution in [-0.2, 0) is 59.0 Å². The van der Waals surface area contributed by atoms with Crippen LogP contribution in [0.3, 0.4) is 0 Å². The van der Waals surface area contributed by atoms with Crippen molar-refractivity contribution in [3.63, 3.8) is 0 Å². The number of phenolic OH excluding ortho intramolecular Hbond substituents is 1. The van der Waals surface area contributed by atoms with Gasteiger partial charge in [0.1, 0.15) is 42.6 Å². The highest BCUT2D eigenvalue weighted by atomic mass is 32.2. The molecular formula is C58H96N16O13S. The molecule has 4 unspecified atom stereocenters. The summed E-state index contributed by atoms with van der Waals surface area (Å²) in [4.78, 5) is 121. The number of hydrazine groups is 2. The van der Waals surface area contributed by atoms with E-state index >= 15 is 0 Å². The minimum absolute atomic E-state index is 0.0347. The lowest BCUT2D eigenvalue weighted by Gasteiger charge is -2.29. The second-order valence-electron chi connectivity index (χ2n) is 22.5. The van der Waals surface area contributed by atoms with E-state index in [9.17, 15) is 48.3 Å². The van der Waals surface area contributed by atoms with Gasteiger partial charge in [0, 0.05) is 67.0 Å². The molecule has 30 heteroatoms. The first-order valence-electron chi connectivity index (χ1n) is 30.7. The lowest BCUT2D eigenvalue weighted by molar-refractivity contribution is -0.135. The van der Waals surface area contributed by atoms with Crippen LogP contribution in [0.4, 0.5) is 4.79 Å². The number of hydrogen-bond donors (Lipinski definition) is 16. The maximum absolute atomic E-state index is 14.4. The number of nitrogens with one attached hydrogen (secondary N) is 13. The summed E-state index contributed by atoms with van der Waals surface area (Å²) in [5.74, 6) is -3.88. The van der Waals surface area contributed by atoms with Crippen LogP contribution < -0.4 is 80.9 Å². The molecule has 2 saturated heterocycles.